The monoisotopic (exact) mass is 449 g/mol. The summed E-state index contributed by atoms with van der Waals surface area (Å²) in [4.78, 5) is 15.7. The Morgan fingerprint density at radius 3 is 2.27 bits per heavy atom. The van der Waals surface area contributed by atoms with Crippen molar-refractivity contribution >= 4 is 11.7 Å². The molecular formula is C26H27NO6. The van der Waals surface area contributed by atoms with Gasteiger partial charge in [-0.1, -0.05) is 53.7 Å². The molecule has 0 spiro atoms. The molecule has 0 fully saturated rings. The van der Waals surface area contributed by atoms with Gasteiger partial charge in [-0.05, 0) is 41.8 Å². The van der Waals surface area contributed by atoms with E-state index >= 15 is 0 Å². The predicted molar refractivity (Wildman–Crippen MR) is 125 cm³/mol. The maximum absolute atomic E-state index is 10.8. The van der Waals surface area contributed by atoms with E-state index in [1.54, 1.807) is 19.2 Å². The third-order valence-electron chi connectivity index (χ3n) is 4.86. The summed E-state index contributed by atoms with van der Waals surface area (Å²) >= 11 is 0. The number of hydrogen-bond acceptors (Lipinski definition) is 6. The molecule has 0 amide bonds. The molecule has 172 valence electrons. The molecular weight excluding hydrogens is 422 g/mol. The summed E-state index contributed by atoms with van der Waals surface area (Å²) in [5.74, 6) is 1.05. The van der Waals surface area contributed by atoms with Gasteiger partial charge in [0.05, 0.1) is 7.11 Å². The van der Waals surface area contributed by atoms with Gasteiger partial charge in [0.25, 0.3) is 0 Å². The lowest BCUT2D eigenvalue weighted by Crippen LogP contribution is -2.13. The van der Waals surface area contributed by atoms with E-state index in [0.717, 1.165) is 16.7 Å². The second-order valence-corrected chi connectivity index (χ2v) is 7.19. The number of hydrogen-bond donors (Lipinski definition) is 1. The molecule has 1 N–H and O–H groups in total. The Kier molecular flexibility index (Phi) is 8.71. The summed E-state index contributed by atoms with van der Waals surface area (Å²) < 4.78 is 17.2. The Labute approximate surface area is 193 Å². The van der Waals surface area contributed by atoms with Crippen molar-refractivity contribution < 1.29 is 28.9 Å². The first kappa shape index (κ1) is 23.7. The molecule has 0 radical (unpaired) electrons. The molecule has 3 aromatic rings. The molecule has 0 bridgehead atoms. The highest BCUT2D eigenvalue weighted by Crippen LogP contribution is 2.29. The van der Waals surface area contributed by atoms with Crippen LogP contribution in [-0.2, 0) is 22.7 Å². The van der Waals surface area contributed by atoms with Crippen molar-refractivity contribution in [3.05, 3.63) is 89.5 Å². The van der Waals surface area contributed by atoms with Crippen molar-refractivity contribution in [2.75, 3.05) is 20.8 Å². The van der Waals surface area contributed by atoms with Gasteiger partial charge in [0.2, 0.25) is 0 Å². The first-order valence-corrected chi connectivity index (χ1v) is 10.5. The van der Waals surface area contributed by atoms with Gasteiger partial charge < -0.3 is 24.2 Å². The second-order valence-electron chi connectivity index (χ2n) is 7.19. The minimum Gasteiger partial charge on any atom is -0.493 e. The zero-order valence-electron chi connectivity index (χ0n) is 18.7. The number of nitrogens with zero attached hydrogens (tertiary/aromatic N) is 1. The number of carbonyl (C=O) groups is 1. The normalized spacial score (nSPS) is 11.0. The van der Waals surface area contributed by atoms with Crippen molar-refractivity contribution in [1.82, 2.24) is 0 Å². The van der Waals surface area contributed by atoms with Crippen molar-refractivity contribution in [2.45, 2.75) is 19.4 Å². The minimum absolute atomic E-state index is 0.0714. The highest BCUT2D eigenvalue weighted by atomic mass is 16.6. The Morgan fingerprint density at radius 1 is 0.879 bits per heavy atom. The average molecular weight is 450 g/mol. The molecule has 0 aliphatic heterocycles. The topological polar surface area (TPSA) is 86.6 Å². The van der Waals surface area contributed by atoms with Gasteiger partial charge in [-0.25, -0.2) is 0 Å². The molecule has 3 aromatic carbocycles. The summed E-state index contributed by atoms with van der Waals surface area (Å²) in [6, 6.07) is 22.8. The second kappa shape index (κ2) is 12.1. The van der Waals surface area contributed by atoms with Crippen LogP contribution in [0.15, 0.2) is 78.0 Å². The lowest BCUT2D eigenvalue weighted by molar-refractivity contribution is -0.136. The smallest absolute Gasteiger partial charge is 0.303 e. The molecule has 3 rings (SSSR count). The number of carboxylic acid groups (broad SMARTS) is 1. The zero-order valence-corrected chi connectivity index (χ0v) is 18.7. The van der Waals surface area contributed by atoms with Crippen molar-refractivity contribution in [1.29, 1.82) is 0 Å². The lowest BCUT2D eigenvalue weighted by atomic mass is 10.1. The molecule has 0 aromatic heterocycles. The summed E-state index contributed by atoms with van der Waals surface area (Å²) in [6.07, 6.45) is 0.510. The fraction of sp³-hybridized carbons (Fsp3) is 0.231. The molecule has 0 atom stereocenters. The van der Waals surface area contributed by atoms with Gasteiger partial charge in [-0.3, -0.25) is 4.79 Å². The molecule has 7 heteroatoms. The van der Waals surface area contributed by atoms with Crippen LogP contribution in [0.5, 0.6) is 17.2 Å². The molecule has 0 saturated heterocycles. The summed E-state index contributed by atoms with van der Waals surface area (Å²) in [7, 11) is 3.07. The first-order chi connectivity index (χ1) is 16.1. The molecule has 33 heavy (non-hydrogen) atoms. The molecule has 0 unspecified atom stereocenters. The number of ether oxygens (including phenoxy) is 3. The highest BCUT2D eigenvalue weighted by Gasteiger charge is 2.09. The molecule has 0 aliphatic rings. The highest BCUT2D eigenvalue weighted by molar-refractivity contribution is 6.01. The van der Waals surface area contributed by atoms with E-state index in [2.05, 4.69) is 5.16 Å². The molecule has 0 saturated carbocycles. The van der Waals surface area contributed by atoms with Crippen LogP contribution in [0, 0.1) is 0 Å². The van der Waals surface area contributed by atoms with Crippen LogP contribution < -0.4 is 14.2 Å². The van der Waals surface area contributed by atoms with Crippen LogP contribution >= 0.6 is 0 Å². The first-order valence-electron chi connectivity index (χ1n) is 10.5. The van der Waals surface area contributed by atoms with E-state index in [1.165, 1.54) is 7.11 Å². The lowest BCUT2D eigenvalue weighted by Gasteiger charge is -2.13. The van der Waals surface area contributed by atoms with Crippen molar-refractivity contribution in [2.24, 2.45) is 5.16 Å². The SMILES string of the molecule is CON=C(COc1ccc(COc2ccc(CCC(=O)O)cc2OC)cc1)c1ccccc1. The third-order valence-corrected chi connectivity index (χ3v) is 4.86. The van der Waals surface area contributed by atoms with Crippen LogP contribution in [-0.4, -0.2) is 37.6 Å². The van der Waals surface area contributed by atoms with E-state index in [1.807, 2.05) is 60.7 Å². The van der Waals surface area contributed by atoms with Gasteiger partial charge in [-0.15, -0.1) is 0 Å². The minimum atomic E-state index is -0.830. The molecule has 0 heterocycles. The summed E-state index contributed by atoms with van der Waals surface area (Å²) in [5, 5.41) is 12.9. The van der Waals surface area contributed by atoms with Gasteiger partial charge in [0, 0.05) is 12.0 Å². The maximum atomic E-state index is 10.8. The number of carboxylic acids is 1. The number of oxime groups is 1. The Hall–Kier alpha value is -4.00. The number of aliphatic carboxylic acids is 1. The predicted octanol–water partition coefficient (Wildman–Crippen LogP) is 4.72. The van der Waals surface area contributed by atoms with E-state index in [0.29, 0.717) is 36.0 Å². The molecule has 0 aliphatic carbocycles. The van der Waals surface area contributed by atoms with Crippen LogP contribution in [0.4, 0.5) is 0 Å². The summed E-state index contributed by atoms with van der Waals surface area (Å²) in [6.45, 7) is 0.630. The van der Waals surface area contributed by atoms with Crippen LogP contribution in [0.1, 0.15) is 23.1 Å². The quantitative estimate of drug-likeness (QED) is 0.318. The van der Waals surface area contributed by atoms with Crippen LogP contribution in [0.2, 0.25) is 0 Å². The molecule has 7 nitrogen and oxygen atoms in total. The average Bonchev–Trinajstić information content (AvgIpc) is 2.85. The largest absolute Gasteiger partial charge is 0.493 e. The van der Waals surface area contributed by atoms with Crippen molar-refractivity contribution in [3.63, 3.8) is 0 Å². The number of aryl methyl sites for hydroxylation is 1. The van der Waals surface area contributed by atoms with Gasteiger partial charge in [0.1, 0.15) is 31.8 Å². The van der Waals surface area contributed by atoms with Gasteiger partial charge >= 0.3 is 5.97 Å². The Balaban J connectivity index is 1.56. The van der Waals surface area contributed by atoms with E-state index in [9.17, 15) is 4.79 Å². The van der Waals surface area contributed by atoms with Crippen LogP contribution in [0.3, 0.4) is 0 Å². The fourth-order valence-corrected chi connectivity index (χ4v) is 3.14. The van der Waals surface area contributed by atoms with Crippen LogP contribution in [0.25, 0.3) is 0 Å². The summed E-state index contributed by atoms with van der Waals surface area (Å²) in [5.41, 5.74) is 3.49. The third kappa shape index (κ3) is 7.28. The Bertz CT molecular complexity index is 1060. The van der Waals surface area contributed by atoms with Gasteiger partial charge in [0.15, 0.2) is 11.5 Å². The number of methoxy groups -OCH3 is 1. The maximum Gasteiger partial charge on any atom is 0.303 e. The van der Waals surface area contributed by atoms with E-state index in [4.69, 9.17) is 24.2 Å². The van der Waals surface area contributed by atoms with E-state index in [-0.39, 0.29) is 13.0 Å². The standard InChI is InChI=1S/C26H27NO6/c1-30-25-16-19(11-15-26(28)29)10-14-24(25)33-17-20-8-12-22(13-9-20)32-18-23(27-31-2)21-6-4-3-5-7-21/h3-10,12-14,16H,11,15,17-18H2,1-2H3,(H,28,29). The fourth-order valence-electron chi connectivity index (χ4n) is 3.14. The number of benzene rings is 3. The van der Waals surface area contributed by atoms with E-state index < -0.39 is 5.97 Å². The van der Waals surface area contributed by atoms with Crippen molar-refractivity contribution in [3.8, 4) is 17.2 Å². The van der Waals surface area contributed by atoms with Gasteiger partial charge in [-0.2, -0.15) is 0 Å². The number of rotatable bonds is 12. The zero-order chi connectivity index (χ0) is 23.5. The Morgan fingerprint density at radius 2 is 1.61 bits per heavy atom.